The molecule has 6 heteroatoms. The van der Waals surface area contributed by atoms with Crippen LogP contribution in [0.4, 0.5) is 22.9 Å². The van der Waals surface area contributed by atoms with Crippen LogP contribution in [-0.2, 0) is 19.3 Å². The standard InChI is InChI=1S/C12H17N.C11H15NO.C11H15N.C10H14N2/c1-10(2)13-9-5-7-11-6-3-4-8-12(11)13;1-9(2)12-7-8-13-11-6-4-3-5-10(11)12;1-9(2)12-8-7-10-5-3-4-6-11(10)12;1-8(2)12-7-5-9-4-3-6-11-10(9)12/h3-4,6,8,10H,5,7,9H2,1-2H3;3-6,9H,7-8H2,1-2H3;3-6,9H,7-8H2,1-2H3;3-4,6,8H,5,7H2,1-2H3. The topological polar surface area (TPSA) is 35.1 Å². The van der Waals surface area contributed by atoms with Crippen molar-refractivity contribution in [2.45, 2.75) is 105 Å². The van der Waals surface area contributed by atoms with Gasteiger partial charge in [0.1, 0.15) is 18.2 Å². The molecule has 0 saturated heterocycles. The van der Waals surface area contributed by atoms with E-state index >= 15 is 0 Å². The molecule has 0 atom stereocenters. The van der Waals surface area contributed by atoms with Crippen molar-refractivity contribution in [1.29, 1.82) is 0 Å². The number of nitrogens with zero attached hydrogens (tertiary/aromatic N) is 5. The first-order valence-electron chi connectivity index (χ1n) is 19.0. The summed E-state index contributed by atoms with van der Waals surface area (Å²) < 4.78 is 5.56. The Morgan fingerprint density at radius 1 is 0.480 bits per heavy atom. The van der Waals surface area contributed by atoms with Gasteiger partial charge >= 0.3 is 0 Å². The lowest BCUT2D eigenvalue weighted by molar-refractivity contribution is 0.303. The van der Waals surface area contributed by atoms with E-state index in [4.69, 9.17) is 4.74 Å². The molecule has 0 saturated carbocycles. The van der Waals surface area contributed by atoms with Gasteiger partial charge in [0.2, 0.25) is 0 Å². The van der Waals surface area contributed by atoms with Crippen molar-refractivity contribution >= 4 is 22.9 Å². The zero-order valence-electron chi connectivity index (χ0n) is 32.0. The van der Waals surface area contributed by atoms with E-state index in [-0.39, 0.29) is 0 Å². The maximum Gasteiger partial charge on any atom is 0.142 e. The van der Waals surface area contributed by atoms with Crippen molar-refractivity contribution in [3.63, 3.8) is 0 Å². The summed E-state index contributed by atoms with van der Waals surface area (Å²) >= 11 is 0. The molecule has 0 aliphatic carbocycles. The number of aromatic nitrogens is 1. The SMILES string of the molecule is CC(C)N1CCCc2ccccc21.CC(C)N1CCOc2ccccc21.CC(C)N1CCc2ccccc21.CC(C)N1CCc2cccnc21. The molecule has 268 valence electrons. The minimum atomic E-state index is 0.546. The molecule has 4 aromatic rings. The summed E-state index contributed by atoms with van der Waals surface area (Å²) in [4.78, 5) is 14.1. The molecule has 0 amide bonds. The monoisotopic (exact) mass is 675 g/mol. The quantitative estimate of drug-likeness (QED) is 0.215. The van der Waals surface area contributed by atoms with Gasteiger partial charge in [-0.25, -0.2) is 4.98 Å². The second-order valence-corrected chi connectivity index (χ2v) is 14.8. The molecule has 0 bridgehead atoms. The molecular weight excluding hydrogens is 615 g/mol. The third kappa shape index (κ3) is 9.12. The highest BCUT2D eigenvalue weighted by atomic mass is 16.5. The molecular formula is C44H61N5O. The van der Waals surface area contributed by atoms with Crippen LogP contribution in [0, 0.1) is 0 Å². The fraction of sp³-hybridized carbons (Fsp3) is 0.477. The highest BCUT2D eigenvalue weighted by Crippen LogP contribution is 2.32. The Bertz CT molecular complexity index is 1510. The summed E-state index contributed by atoms with van der Waals surface area (Å²) in [6, 6.07) is 32.3. The molecule has 0 spiro atoms. The second-order valence-electron chi connectivity index (χ2n) is 14.8. The minimum absolute atomic E-state index is 0.546. The largest absolute Gasteiger partial charge is 0.490 e. The van der Waals surface area contributed by atoms with E-state index in [0.29, 0.717) is 24.2 Å². The molecule has 4 aliphatic heterocycles. The Morgan fingerprint density at radius 2 is 0.960 bits per heavy atom. The van der Waals surface area contributed by atoms with Crippen molar-refractivity contribution in [3.05, 3.63) is 108 Å². The van der Waals surface area contributed by atoms with Crippen LogP contribution in [0.5, 0.6) is 5.75 Å². The highest BCUT2D eigenvalue weighted by molar-refractivity contribution is 5.60. The van der Waals surface area contributed by atoms with E-state index in [1.54, 1.807) is 0 Å². The molecule has 5 heterocycles. The summed E-state index contributed by atoms with van der Waals surface area (Å²) in [6.07, 6.45) is 6.80. The van der Waals surface area contributed by atoms with Gasteiger partial charge in [0.25, 0.3) is 0 Å². The van der Waals surface area contributed by atoms with Gasteiger partial charge in [-0.3, -0.25) is 0 Å². The van der Waals surface area contributed by atoms with Crippen LogP contribution in [0.3, 0.4) is 0 Å². The van der Waals surface area contributed by atoms with Crippen LogP contribution in [-0.4, -0.2) is 61.9 Å². The highest BCUT2D eigenvalue weighted by Gasteiger charge is 2.22. The maximum atomic E-state index is 5.56. The van der Waals surface area contributed by atoms with Crippen LogP contribution in [0.15, 0.2) is 91.1 Å². The lowest BCUT2D eigenvalue weighted by atomic mass is 10.0. The number of aryl methyl sites for hydroxylation is 1. The van der Waals surface area contributed by atoms with E-state index < -0.39 is 0 Å². The van der Waals surface area contributed by atoms with Gasteiger partial charge in [-0.05, 0) is 128 Å². The van der Waals surface area contributed by atoms with Crippen LogP contribution < -0.4 is 24.3 Å². The van der Waals surface area contributed by atoms with E-state index in [2.05, 4.69) is 147 Å². The average molecular weight is 676 g/mol. The number of ether oxygens (including phenoxy) is 1. The number of hydrogen-bond acceptors (Lipinski definition) is 6. The van der Waals surface area contributed by atoms with Gasteiger partial charge in [0, 0.05) is 61.4 Å². The summed E-state index contributed by atoms with van der Waals surface area (Å²) in [6.45, 7) is 23.2. The first-order chi connectivity index (χ1) is 24.2. The molecule has 8 rings (SSSR count). The number of hydrogen-bond donors (Lipinski definition) is 0. The third-order valence-corrected chi connectivity index (χ3v) is 10.1. The van der Waals surface area contributed by atoms with Gasteiger partial charge in [-0.1, -0.05) is 54.6 Å². The first kappa shape index (κ1) is 37.1. The Morgan fingerprint density at radius 3 is 1.60 bits per heavy atom. The normalized spacial score (nSPS) is 15.6. The Balaban J connectivity index is 0.000000130. The molecule has 3 aromatic carbocycles. The van der Waals surface area contributed by atoms with Crippen molar-refractivity contribution in [1.82, 2.24) is 4.98 Å². The number of rotatable bonds is 4. The zero-order valence-corrected chi connectivity index (χ0v) is 32.0. The number of benzene rings is 3. The summed E-state index contributed by atoms with van der Waals surface area (Å²) in [5, 5.41) is 0. The third-order valence-electron chi connectivity index (χ3n) is 10.1. The predicted molar refractivity (Wildman–Crippen MR) is 215 cm³/mol. The lowest BCUT2D eigenvalue weighted by Gasteiger charge is -2.34. The summed E-state index contributed by atoms with van der Waals surface area (Å²) in [5.74, 6) is 2.20. The van der Waals surface area contributed by atoms with E-state index in [1.165, 1.54) is 71.9 Å². The molecule has 50 heavy (non-hydrogen) atoms. The van der Waals surface area contributed by atoms with E-state index in [1.807, 2.05) is 24.4 Å². The van der Waals surface area contributed by atoms with E-state index in [9.17, 15) is 0 Å². The molecule has 4 aliphatic rings. The number of anilines is 4. The van der Waals surface area contributed by atoms with Crippen molar-refractivity contribution in [3.8, 4) is 5.75 Å². The zero-order chi connectivity index (χ0) is 35.6. The van der Waals surface area contributed by atoms with Crippen LogP contribution in [0.2, 0.25) is 0 Å². The fourth-order valence-electron chi connectivity index (χ4n) is 7.46. The minimum Gasteiger partial charge on any atom is -0.490 e. The molecule has 0 unspecified atom stereocenters. The molecule has 1 aromatic heterocycles. The van der Waals surface area contributed by atoms with Crippen molar-refractivity contribution < 1.29 is 4.74 Å². The Kier molecular flexibility index (Phi) is 13.1. The molecule has 6 nitrogen and oxygen atoms in total. The lowest BCUT2D eigenvalue weighted by Crippen LogP contribution is -2.37. The number of pyridine rings is 1. The Hall–Kier alpha value is -4.19. The number of para-hydroxylation sites is 4. The molecule has 0 fully saturated rings. The summed E-state index contributed by atoms with van der Waals surface area (Å²) in [5.41, 5.74) is 8.53. The first-order valence-corrected chi connectivity index (χ1v) is 19.0. The van der Waals surface area contributed by atoms with Gasteiger partial charge < -0.3 is 24.3 Å². The smallest absolute Gasteiger partial charge is 0.142 e. The molecule has 0 radical (unpaired) electrons. The number of fused-ring (bicyclic) bond motifs is 4. The molecule has 0 N–H and O–H groups in total. The maximum absolute atomic E-state index is 5.56. The fourth-order valence-corrected chi connectivity index (χ4v) is 7.46. The second kappa shape index (κ2) is 17.6. The van der Waals surface area contributed by atoms with Crippen molar-refractivity contribution in [2.24, 2.45) is 0 Å². The van der Waals surface area contributed by atoms with Crippen LogP contribution >= 0.6 is 0 Å². The average Bonchev–Trinajstić information content (AvgIpc) is 3.77. The van der Waals surface area contributed by atoms with E-state index in [0.717, 1.165) is 31.9 Å². The van der Waals surface area contributed by atoms with Crippen LogP contribution in [0.1, 0.15) is 78.5 Å². The van der Waals surface area contributed by atoms with Gasteiger partial charge in [0.15, 0.2) is 0 Å². The predicted octanol–water partition coefficient (Wildman–Crippen LogP) is 9.45. The van der Waals surface area contributed by atoms with Crippen LogP contribution in [0.25, 0.3) is 0 Å². The Labute approximate surface area is 303 Å². The van der Waals surface area contributed by atoms with Gasteiger partial charge in [0.05, 0.1) is 12.2 Å². The van der Waals surface area contributed by atoms with Gasteiger partial charge in [-0.15, -0.1) is 0 Å². The summed E-state index contributed by atoms with van der Waals surface area (Å²) in [7, 11) is 0. The van der Waals surface area contributed by atoms with Crippen molar-refractivity contribution in [2.75, 3.05) is 52.4 Å². The van der Waals surface area contributed by atoms with Gasteiger partial charge in [-0.2, -0.15) is 0 Å².